The molecule has 0 aromatic heterocycles. The molecule has 0 amide bonds. The van der Waals surface area contributed by atoms with Gasteiger partial charge in [-0.05, 0) is 11.5 Å². The maximum Gasteiger partial charge on any atom is 0.404 e. The number of ether oxygens (including phenoxy) is 2. The minimum absolute atomic E-state index is 0.0243. The summed E-state index contributed by atoms with van der Waals surface area (Å²) >= 11 is 0. The smallest absolute Gasteiger partial charge is 0.404 e. The lowest BCUT2D eigenvalue weighted by Crippen LogP contribution is -2.50. The van der Waals surface area contributed by atoms with Gasteiger partial charge in [-0.2, -0.15) is 18.4 Å². The van der Waals surface area contributed by atoms with Crippen LogP contribution in [0.25, 0.3) is 0 Å². The Morgan fingerprint density at radius 1 is 1.34 bits per heavy atom. The first-order valence-corrected chi connectivity index (χ1v) is 8.69. The van der Waals surface area contributed by atoms with Crippen molar-refractivity contribution in [3.63, 3.8) is 0 Å². The number of carbonyl (C=O) groups is 2. The highest BCUT2D eigenvalue weighted by molar-refractivity contribution is 6.01. The van der Waals surface area contributed by atoms with E-state index in [0.29, 0.717) is 0 Å². The Morgan fingerprint density at radius 3 is 2.55 bits per heavy atom. The van der Waals surface area contributed by atoms with Gasteiger partial charge < -0.3 is 15.2 Å². The summed E-state index contributed by atoms with van der Waals surface area (Å²) in [7, 11) is 0.925. The van der Waals surface area contributed by atoms with E-state index in [2.05, 4.69) is 4.74 Å². The monoisotopic (exact) mass is 406 g/mol. The van der Waals surface area contributed by atoms with Crippen LogP contribution in [-0.2, 0) is 19.1 Å². The number of Topliss-reactive ketones (excluding diaryl/α,β-unsaturated/α-hetero) is 1. The van der Waals surface area contributed by atoms with E-state index < -0.39 is 52.7 Å². The summed E-state index contributed by atoms with van der Waals surface area (Å²) in [5.41, 5.74) is 1.45. The molecule has 0 radical (unpaired) electrons. The van der Waals surface area contributed by atoms with Crippen LogP contribution in [0, 0.1) is 16.7 Å². The fourth-order valence-corrected chi connectivity index (χ4v) is 3.93. The van der Waals surface area contributed by atoms with Crippen molar-refractivity contribution in [3.05, 3.63) is 58.7 Å². The van der Waals surface area contributed by atoms with Gasteiger partial charge in [-0.25, -0.2) is 0 Å². The standard InChI is InChI=1S/C20H17F3N2O4/c1-28-16(27)9-19(20(21,22)23)13(10-24)18(25)29-15-8-12(7-14(26)17(15)19)11-5-3-2-4-6-11/h2-6,12H,7-9,25H2,1H3/t12-,19+/m0/s1. The Hall–Kier alpha value is -3.28. The highest BCUT2D eigenvalue weighted by atomic mass is 19.4. The summed E-state index contributed by atoms with van der Waals surface area (Å²) in [6, 6.07) is 10.2. The number of halogens is 3. The molecule has 152 valence electrons. The fraction of sp³-hybridized carbons (Fsp3) is 0.350. The van der Waals surface area contributed by atoms with Crippen molar-refractivity contribution in [1.82, 2.24) is 0 Å². The summed E-state index contributed by atoms with van der Waals surface area (Å²) < 4.78 is 52.9. The number of nitrogens with two attached hydrogens (primary N) is 1. The molecule has 6 nitrogen and oxygen atoms in total. The molecule has 1 aliphatic heterocycles. The average molecular weight is 406 g/mol. The second-order valence-corrected chi connectivity index (χ2v) is 6.85. The minimum Gasteiger partial charge on any atom is -0.469 e. The quantitative estimate of drug-likeness (QED) is 0.774. The van der Waals surface area contributed by atoms with Crippen LogP contribution in [0.15, 0.2) is 53.1 Å². The molecule has 2 atom stereocenters. The van der Waals surface area contributed by atoms with Crippen LogP contribution in [0.5, 0.6) is 0 Å². The second-order valence-electron chi connectivity index (χ2n) is 6.85. The predicted molar refractivity (Wildman–Crippen MR) is 93.5 cm³/mol. The van der Waals surface area contributed by atoms with Crippen molar-refractivity contribution < 1.29 is 32.2 Å². The number of methoxy groups -OCH3 is 1. The molecule has 3 rings (SSSR count). The number of hydrogen-bond donors (Lipinski definition) is 1. The molecular weight excluding hydrogens is 389 g/mol. The van der Waals surface area contributed by atoms with Crippen molar-refractivity contribution in [2.75, 3.05) is 7.11 Å². The highest BCUT2D eigenvalue weighted by Gasteiger charge is 2.66. The summed E-state index contributed by atoms with van der Waals surface area (Å²) in [5, 5.41) is 9.40. The SMILES string of the molecule is COC(=O)C[C@@]1(C(F)(F)F)C(C#N)=C(N)OC2=C1C(=O)C[C@H](c1ccccc1)C2. The van der Waals surface area contributed by atoms with Crippen LogP contribution in [0.4, 0.5) is 13.2 Å². The van der Waals surface area contributed by atoms with E-state index in [4.69, 9.17) is 10.5 Å². The third kappa shape index (κ3) is 3.24. The molecule has 0 spiro atoms. The fourth-order valence-electron chi connectivity index (χ4n) is 3.93. The van der Waals surface area contributed by atoms with E-state index in [-0.39, 0.29) is 18.6 Å². The first kappa shape index (κ1) is 20.5. The van der Waals surface area contributed by atoms with Gasteiger partial charge in [-0.15, -0.1) is 0 Å². The van der Waals surface area contributed by atoms with Crippen molar-refractivity contribution in [3.8, 4) is 6.07 Å². The summed E-state index contributed by atoms with van der Waals surface area (Å²) in [5.74, 6) is -3.53. The zero-order valence-corrected chi connectivity index (χ0v) is 15.4. The molecule has 0 saturated heterocycles. The molecular formula is C20H17F3N2O4. The van der Waals surface area contributed by atoms with Gasteiger partial charge in [0.2, 0.25) is 5.88 Å². The molecule has 0 bridgehead atoms. The first-order valence-electron chi connectivity index (χ1n) is 8.69. The van der Waals surface area contributed by atoms with Gasteiger partial charge in [0.1, 0.15) is 22.8 Å². The number of hydrogen-bond acceptors (Lipinski definition) is 6. The van der Waals surface area contributed by atoms with Crippen LogP contribution in [-0.4, -0.2) is 25.0 Å². The summed E-state index contributed by atoms with van der Waals surface area (Å²) in [6.45, 7) is 0. The van der Waals surface area contributed by atoms with Gasteiger partial charge in [0.25, 0.3) is 0 Å². The number of rotatable bonds is 3. The van der Waals surface area contributed by atoms with Gasteiger partial charge >= 0.3 is 12.1 Å². The molecule has 1 aromatic carbocycles. The van der Waals surface area contributed by atoms with Gasteiger partial charge in [0.05, 0.1) is 19.1 Å². The first-order chi connectivity index (χ1) is 13.7. The summed E-state index contributed by atoms with van der Waals surface area (Å²) in [6.07, 6.45) is -6.68. The van der Waals surface area contributed by atoms with Gasteiger partial charge in [-0.3, -0.25) is 9.59 Å². The normalized spacial score (nSPS) is 24.5. The van der Waals surface area contributed by atoms with Crippen LogP contribution < -0.4 is 5.73 Å². The van der Waals surface area contributed by atoms with Crippen molar-refractivity contribution in [1.29, 1.82) is 5.26 Å². The molecule has 1 aliphatic carbocycles. The maximum atomic E-state index is 14.4. The zero-order valence-electron chi connectivity index (χ0n) is 15.4. The Kier molecular flexibility index (Phi) is 5.13. The lowest BCUT2D eigenvalue weighted by molar-refractivity contribution is -0.206. The van der Waals surface area contributed by atoms with E-state index in [0.717, 1.165) is 12.7 Å². The van der Waals surface area contributed by atoms with E-state index >= 15 is 0 Å². The Bertz CT molecular complexity index is 960. The third-order valence-electron chi connectivity index (χ3n) is 5.26. The van der Waals surface area contributed by atoms with Crippen LogP contribution >= 0.6 is 0 Å². The second kappa shape index (κ2) is 7.28. The topological polar surface area (TPSA) is 102 Å². The van der Waals surface area contributed by atoms with Crippen molar-refractivity contribution in [2.24, 2.45) is 11.1 Å². The Morgan fingerprint density at radius 2 is 2.00 bits per heavy atom. The number of benzene rings is 1. The Labute approximate surface area is 164 Å². The molecule has 2 N–H and O–H groups in total. The predicted octanol–water partition coefficient (Wildman–Crippen LogP) is 3.22. The molecule has 0 fully saturated rings. The molecule has 1 aromatic rings. The molecule has 1 heterocycles. The average Bonchev–Trinajstić information content (AvgIpc) is 2.67. The Balaban J connectivity index is 2.21. The highest BCUT2D eigenvalue weighted by Crippen LogP contribution is 2.58. The van der Waals surface area contributed by atoms with Gasteiger partial charge in [0, 0.05) is 12.8 Å². The third-order valence-corrected chi connectivity index (χ3v) is 5.26. The number of esters is 1. The van der Waals surface area contributed by atoms with E-state index in [1.54, 1.807) is 30.3 Å². The van der Waals surface area contributed by atoms with Crippen molar-refractivity contribution in [2.45, 2.75) is 31.4 Å². The maximum absolute atomic E-state index is 14.4. The van der Waals surface area contributed by atoms with Gasteiger partial charge in [0.15, 0.2) is 5.78 Å². The molecule has 0 unspecified atom stereocenters. The lowest BCUT2D eigenvalue weighted by atomic mass is 9.64. The van der Waals surface area contributed by atoms with E-state index in [9.17, 15) is 28.0 Å². The molecule has 9 heteroatoms. The lowest BCUT2D eigenvalue weighted by Gasteiger charge is -2.42. The molecule has 0 saturated carbocycles. The number of alkyl halides is 3. The van der Waals surface area contributed by atoms with Crippen molar-refractivity contribution >= 4 is 11.8 Å². The van der Waals surface area contributed by atoms with Crippen LogP contribution in [0.3, 0.4) is 0 Å². The summed E-state index contributed by atoms with van der Waals surface area (Å²) in [4.78, 5) is 24.8. The van der Waals surface area contributed by atoms with Gasteiger partial charge in [-0.1, -0.05) is 30.3 Å². The van der Waals surface area contributed by atoms with E-state index in [1.165, 1.54) is 6.07 Å². The number of carbonyl (C=O) groups excluding carboxylic acids is 2. The number of nitriles is 1. The number of ketones is 1. The van der Waals surface area contributed by atoms with E-state index in [1.807, 2.05) is 0 Å². The molecule has 29 heavy (non-hydrogen) atoms. The zero-order chi connectivity index (χ0) is 21.4. The minimum atomic E-state index is -5.16. The van der Waals surface area contributed by atoms with Crippen LogP contribution in [0.2, 0.25) is 0 Å². The van der Waals surface area contributed by atoms with Crippen LogP contribution in [0.1, 0.15) is 30.7 Å². The molecule has 2 aliphatic rings. The number of nitrogens with zero attached hydrogens (tertiary/aromatic N) is 1. The largest absolute Gasteiger partial charge is 0.469 e. The number of allylic oxidation sites excluding steroid dienone is 3.